The molecule has 12 nitrogen and oxygen atoms in total. The van der Waals surface area contributed by atoms with Crippen molar-refractivity contribution >= 4 is 61.5 Å². The number of nitrogens with zero attached hydrogens (tertiary/aromatic N) is 4. The van der Waals surface area contributed by atoms with E-state index in [0.29, 0.717) is 63.7 Å². The number of hydrogen-bond acceptors (Lipinski definition) is 10. The van der Waals surface area contributed by atoms with E-state index in [2.05, 4.69) is 30.5 Å². The van der Waals surface area contributed by atoms with E-state index in [1.54, 1.807) is 62.5 Å². The lowest BCUT2D eigenvalue weighted by atomic mass is 10.0. The molecule has 2 aromatic carbocycles. The van der Waals surface area contributed by atoms with Crippen LogP contribution in [0.25, 0.3) is 11.0 Å². The molecule has 46 heavy (non-hydrogen) atoms. The number of methoxy groups -OCH3 is 1. The number of nitrogens with one attached hydrogen (secondary N) is 3. The zero-order valence-electron chi connectivity index (χ0n) is 26.0. The van der Waals surface area contributed by atoms with Gasteiger partial charge in [-0.2, -0.15) is 9.97 Å². The summed E-state index contributed by atoms with van der Waals surface area (Å²) >= 11 is 6.49. The Bertz CT molecular complexity index is 1830. The third kappa shape index (κ3) is 6.50. The molecular formula is C32H38ClN7O5S. The first-order valence-corrected chi connectivity index (χ1v) is 17.3. The van der Waals surface area contributed by atoms with Crippen molar-refractivity contribution in [1.29, 1.82) is 0 Å². The predicted molar refractivity (Wildman–Crippen MR) is 179 cm³/mol. The number of aromatic nitrogens is 3. The maximum absolute atomic E-state index is 13.5. The van der Waals surface area contributed by atoms with Gasteiger partial charge in [0, 0.05) is 44.0 Å². The van der Waals surface area contributed by atoms with E-state index in [4.69, 9.17) is 21.1 Å². The Balaban J connectivity index is 1.23. The Morgan fingerprint density at radius 3 is 2.50 bits per heavy atom. The van der Waals surface area contributed by atoms with Crippen molar-refractivity contribution < 1.29 is 22.7 Å². The molecule has 0 aliphatic carbocycles. The highest BCUT2D eigenvalue weighted by Crippen LogP contribution is 2.35. The number of halogens is 1. The fraction of sp³-hybridized carbons (Fsp3) is 0.406. The first-order valence-electron chi connectivity index (χ1n) is 15.4. The molecule has 0 bridgehead atoms. The number of ether oxygens (including phenoxy) is 2. The quantitative estimate of drug-likeness (QED) is 0.217. The largest absolute Gasteiger partial charge is 0.495 e. The van der Waals surface area contributed by atoms with Gasteiger partial charge in [0.15, 0.2) is 9.84 Å². The van der Waals surface area contributed by atoms with Gasteiger partial charge in [-0.05, 0) is 57.0 Å². The lowest BCUT2D eigenvalue weighted by Crippen LogP contribution is -2.50. The molecule has 0 saturated carbocycles. The second-order valence-electron chi connectivity index (χ2n) is 11.7. The van der Waals surface area contributed by atoms with Crippen molar-refractivity contribution in [3.8, 4) is 5.75 Å². The summed E-state index contributed by atoms with van der Waals surface area (Å²) in [5.41, 5.74) is 1.90. The van der Waals surface area contributed by atoms with Crippen LogP contribution in [-0.4, -0.2) is 96.9 Å². The van der Waals surface area contributed by atoms with Crippen LogP contribution in [0.15, 0.2) is 53.6 Å². The summed E-state index contributed by atoms with van der Waals surface area (Å²) in [6.07, 6.45) is 3.47. The van der Waals surface area contributed by atoms with E-state index in [1.165, 1.54) is 7.11 Å². The minimum absolute atomic E-state index is 0.0366. The number of fused-ring (bicyclic) bond motifs is 1. The molecule has 2 aliphatic heterocycles. The van der Waals surface area contributed by atoms with Crippen LogP contribution in [0, 0.1) is 0 Å². The van der Waals surface area contributed by atoms with Gasteiger partial charge in [-0.1, -0.05) is 23.7 Å². The van der Waals surface area contributed by atoms with Gasteiger partial charge in [-0.3, -0.25) is 9.69 Å². The number of morpholine rings is 1. The Morgan fingerprint density at radius 2 is 1.78 bits per heavy atom. The first kappa shape index (κ1) is 32.0. The smallest absolute Gasteiger partial charge is 0.253 e. The second kappa shape index (κ2) is 13.4. The summed E-state index contributed by atoms with van der Waals surface area (Å²) < 4.78 is 37.3. The van der Waals surface area contributed by atoms with E-state index in [1.807, 2.05) is 4.90 Å². The summed E-state index contributed by atoms with van der Waals surface area (Å²) in [6.45, 7) is 8.12. The molecule has 2 aromatic heterocycles. The van der Waals surface area contributed by atoms with E-state index < -0.39 is 15.1 Å². The number of carbonyl (C=O) groups excluding carboxylic acids is 1. The van der Waals surface area contributed by atoms with Crippen LogP contribution < -0.4 is 15.4 Å². The lowest BCUT2D eigenvalue weighted by Gasteiger charge is -2.40. The van der Waals surface area contributed by atoms with Crippen LogP contribution in [0.4, 0.5) is 23.1 Å². The Labute approximate surface area is 273 Å². The molecule has 4 heterocycles. The third-order valence-electron chi connectivity index (χ3n) is 8.56. The summed E-state index contributed by atoms with van der Waals surface area (Å²) in [5.74, 6) is 0.937. The Hall–Kier alpha value is -3.91. The molecule has 6 rings (SSSR count). The summed E-state index contributed by atoms with van der Waals surface area (Å²) in [4.78, 5) is 30.3. The first-order chi connectivity index (χ1) is 22.2. The maximum Gasteiger partial charge on any atom is 0.253 e. The van der Waals surface area contributed by atoms with Crippen LogP contribution in [-0.2, 0) is 14.6 Å². The molecule has 2 aliphatic rings. The fourth-order valence-electron chi connectivity index (χ4n) is 5.95. The summed E-state index contributed by atoms with van der Waals surface area (Å²) in [6, 6.07) is 12.4. The lowest BCUT2D eigenvalue weighted by molar-refractivity contribution is 0.00159. The molecule has 3 N–H and O–H groups in total. The minimum atomic E-state index is -3.59. The van der Waals surface area contributed by atoms with Crippen molar-refractivity contribution in [3.63, 3.8) is 0 Å². The van der Waals surface area contributed by atoms with E-state index in [9.17, 15) is 13.2 Å². The van der Waals surface area contributed by atoms with Crippen LogP contribution in [0.3, 0.4) is 0 Å². The number of H-pyrrole nitrogens is 1. The van der Waals surface area contributed by atoms with Gasteiger partial charge >= 0.3 is 0 Å². The maximum atomic E-state index is 13.5. The Morgan fingerprint density at radius 1 is 1.04 bits per heavy atom. The van der Waals surface area contributed by atoms with E-state index >= 15 is 0 Å². The van der Waals surface area contributed by atoms with Gasteiger partial charge in [0.2, 0.25) is 5.95 Å². The molecule has 0 atom stereocenters. The van der Waals surface area contributed by atoms with Gasteiger partial charge < -0.3 is 30.0 Å². The standard InChI is InChI=1S/C32H38ClN7O5S/c1-20(2)46(42,43)27-7-5-4-6-25(27)35-30-28-23(33)19-34-29(28)37-32(38-30)36-24-9-8-21(18-26(24)44-3)31(41)40-12-10-22(11-13-40)39-14-16-45-17-15-39/h4-9,18-20,22H,10-17H2,1-3H3,(H3,34,35,36,37,38). The number of amides is 1. The number of benzene rings is 2. The van der Waals surface area contributed by atoms with Crippen LogP contribution in [0.1, 0.15) is 37.0 Å². The minimum Gasteiger partial charge on any atom is -0.495 e. The number of sulfone groups is 1. The number of aromatic amines is 1. The number of carbonyl (C=O) groups is 1. The average Bonchev–Trinajstić information content (AvgIpc) is 3.45. The van der Waals surface area contributed by atoms with E-state index in [0.717, 1.165) is 39.1 Å². The second-order valence-corrected chi connectivity index (χ2v) is 14.6. The molecule has 2 fully saturated rings. The average molecular weight is 668 g/mol. The van der Waals surface area contributed by atoms with Gasteiger partial charge in [0.05, 0.1) is 52.3 Å². The zero-order chi connectivity index (χ0) is 32.4. The number of hydrogen-bond donors (Lipinski definition) is 3. The topological polar surface area (TPSA) is 142 Å². The monoisotopic (exact) mass is 667 g/mol. The molecule has 2 saturated heterocycles. The molecule has 0 spiro atoms. The Kier molecular flexibility index (Phi) is 9.37. The summed E-state index contributed by atoms with van der Waals surface area (Å²) in [7, 11) is -2.05. The zero-order valence-corrected chi connectivity index (χ0v) is 27.6. The number of anilines is 4. The van der Waals surface area contributed by atoms with Crippen LogP contribution in [0.2, 0.25) is 5.02 Å². The number of para-hydroxylation sites is 1. The van der Waals surface area contributed by atoms with Crippen molar-refractivity contribution in [1.82, 2.24) is 24.8 Å². The highest BCUT2D eigenvalue weighted by molar-refractivity contribution is 7.92. The molecule has 244 valence electrons. The normalized spacial score (nSPS) is 16.6. The number of likely N-dealkylation sites (tertiary alicyclic amines) is 1. The third-order valence-corrected chi connectivity index (χ3v) is 11.1. The van der Waals surface area contributed by atoms with Crippen LogP contribution in [0.5, 0.6) is 5.75 Å². The van der Waals surface area contributed by atoms with Crippen molar-refractivity contribution in [3.05, 3.63) is 59.2 Å². The number of piperidine rings is 1. The van der Waals surface area contributed by atoms with Gasteiger partial charge in [-0.25, -0.2) is 8.42 Å². The molecular weight excluding hydrogens is 630 g/mol. The van der Waals surface area contributed by atoms with Crippen molar-refractivity contribution in [2.24, 2.45) is 0 Å². The number of rotatable bonds is 9. The van der Waals surface area contributed by atoms with E-state index in [-0.39, 0.29) is 16.8 Å². The highest BCUT2D eigenvalue weighted by atomic mass is 35.5. The summed E-state index contributed by atoms with van der Waals surface area (Å²) in [5, 5.41) is 6.64. The van der Waals surface area contributed by atoms with Crippen molar-refractivity contribution in [2.45, 2.75) is 42.9 Å². The van der Waals surface area contributed by atoms with Gasteiger partial charge in [-0.15, -0.1) is 0 Å². The molecule has 0 radical (unpaired) electrons. The van der Waals surface area contributed by atoms with Crippen LogP contribution >= 0.6 is 11.6 Å². The molecule has 0 unspecified atom stereocenters. The molecule has 1 amide bonds. The fourth-order valence-corrected chi connectivity index (χ4v) is 7.38. The predicted octanol–water partition coefficient (Wildman–Crippen LogP) is 5.23. The molecule has 14 heteroatoms. The molecule has 4 aromatic rings. The van der Waals surface area contributed by atoms with Gasteiger partial charge in [0.1, 0.15) is 17.2 Å². The van der Waals surface area contributed by atoms with Gasteiger partial charge in [0.25, 0.3) is 5.91 Å². The SMILES string of the molecule is COc1cc(C(=O)N2CCC(N3CCOCC3)CC2)ccc1Nc1nc(Nc2ccccc2S(=O)(=O)C(C)C)c2c(Cl)c[nH]c2n1. The van der Waals surface area contributed by atoms with Crippen molar-refractivity contribution in [2.75, 3.05) is 57.1 Å². The highest BCUT2D eigenvalue weighted by Gasteiger charge is 2.29.